The summed E-state index contributed by atoms with van der Waals surface area (Å²) >= 11 is 0. The lowest BCUT2D eigenvalue weighted by atomic mass is 10.1. The summed E-state index contributed by atoms with van der Waals surface area (Å²) < 4.78 is 0. The number of benzene rings is 2. The van der Waals surface area contributed by atoms with Crippen molar-refractivity contribution in [3.05, 3.63) is 65.7 Å². The molecule has 0 fully saturated rings. The zero-order valence-electron chi connectivity index (χ0n) is 12.3. The Morgan fingerprint density at radius 2 is 1.81 bits per heavy atom. The zero-order valence-corrected chi connectivity index (χ0v) is 12.3. The lowest BCUT2D eigenvalue weighted by Crippen LogP contribution is -2.29. The Kier molecular flexibility index (Phi) is 5.49. The maximum Gasteiger partial charge on any atom is 0.238 e. The van der Waals surface area contributed by atoms with Gasteiger partial charge < -0.3 is 11.1 Å². The third-order valence-corrected chi connectivity index (χ3v) is 3.15. The van der Waals surface area contributed by atoms with Crippen LogP contribution >= 0.6 is 0 Å². The first-order valence-corrected chi connectivity index (χ1v) is 6.98. The fraction of sp³-hybridized carbons (Fsp3) is 0.235. The van der Waals surface area contributed by atoms with E-state index < -0.39 is 0 Å². The first-order valence-electron chi connectivity index (χ1n) is 6.98. The van der Waals surface area contributed by atoms with Gasteiger partial charge in [0.15, 0.2) is 0 Å². The van der Waals surface area contributed by atoms with Gasteiger partial charge in [0.05, 0.1) is 6.54 Å². The van der Waals surface area contributed by atoms with Crippen molar-refractivity contribution in [1.82, 2.24) is 4.90 Å². The van der Waals surface area contributed by atoms with Crippen LogP contribution in [-0.4, -0.2) is 24.4 Å². The van der Waals surface area contributed by atoms with Gasteiger partial charge in [0.25, 0.3) is 0 Å². The molecule has 2 aromatic carbocycles. The molecule has 1 amide bonds. The van der Waals surface area contributed by atoms with E-state index in [9.17, 15) is 4.79 Å². The van der Waals surface area contributed by atoms with E-state index in [1.165, 1.54) is 0 Å². The average molecular weight is 283 g/mol. The summed E-state index contributed by atoms with van der Waals surface area (Å²) in [6, 6.07) is 17.6. The molecule has 0 spiro atoms. The SMILES string of the molecule is CN(CC(=O)Nc1ccccc1)Cc1cccc(CN)c1. The van der Waals surface area contributed by atoms with Crippen LogP contribution in [-0.2, 0) is 17.9 Å². The lowest BCUT2D eigenvalue weighted by molar-refractivity contribution is -0.117. The second-order valence-electron chi connectivity index (χ2n) is 5.11. The van der Waals surface area contributed by atoms with Crippen molar-refractivity contribution in [2.24, 2.45) is 5.73 Å². The molecule has 4 heteroatoms. The number of nitrogens with two attached hydrogens (primary N) is 1. The summed E-state index contributed by atoms with van der Waals surface area (Å²) in [6.45, 7) is 1.60. The van der Waals surface area contributed by atoms with Crippen molar-refractivity contribution in [2.45, 2.75) is 13.1 Å². The molecule has 0 aromatic heterocycles. The summed E-state index contributed by atoms with van der Waals surface area (Å²) in [6.07, 6.45) is 0. The van der Waals surface area contributed by atoms with Gasteiger partial charge in [-0.3, -0.25) is 9.69 Å². The van der Waals surface area contributed by atoms with Crippen molar-refractivity contribution in [3.63, 3.8) is 0 Å². The van der Waals surface area contributed by atoms with E-state index in [-0.39, 0.29) is 5.91 Å². The van der Waals surface area contributed by atoms with Crippen LogP contribution in [0.5, 0.6) is 0 Å². The van der Waals surface area contributed by atoms with Crippen LogP contribution in [0.25, 0.3) is 0 Å². The maximum absolute atomic E-state index is 12.0. The summed E-state index contributed by atoms with van der Waals surface area (Å²) in [7, 11) is 1.93. The van der Waals surface area contributed by atoms with Crippen LogP contribution in [0.3, 0.4) is 0 Å². The highest BCUT2D eigenvalue weighted by atomic mass is 16.2. The van der Waals surface area contributed by atoms with Gasteiger partial charge in [-0.05, 0) is 30.3 Å². The predicted molar refractivity (Wildman–Crippen MR) is 85.7 cm³/mol. The van der Waals surface area contributed by atoms with Gasteiger partial charge in [-0.25, -0.2) is 0 Å². The number of hydrogen-bond donors (Lipinski definition) is 2. The molecule has 3 N–H and O–H groups in total. The van der Waals surface area contributed by atoms with E-state index >= 15 is 0 Å². The molecule has 0 aliphatic carbocycles. The van der Waals surface area contributed by atoms with Crippen LogP contribution in [0.4, 0.5) is 5.69 Å². The molecular formula is C17H21N3O. The van der Waals surface area contributed by atoms with Crippen molar-refractivity contribution in [3.8, 4) is 0 Å². The van der Waals surface area contributed by atoms with E-state index in [1.54, 1.807) is 0 Å². The Labute approximate surface area is 125 Å². The second-order valence-corrected chi connectivity index (χ2v) is 5.11. The van der Waals surface area contributed by atoms with E-state index in [0.29, 0.717) is 13.1 Å². The van der Waals surface area contributed by atoms with Gasteiger partial charge in [0.1, 0.15) is 0 Å². The number of nitrogens with zero attached hydrogens (tertiary/aromatic N) is 1. The number of anilines is 1. The minimum atomic E-state index is -0.0151. The molecule has 0 radical (unpaired) electrons. The van der Waals surface area contributed by atoms with Crippen LogP contribution < -0.4 is 11.1 Å². The molecule has 2 aromatic rings. The summed E-state index contributed by atoms with van der Waals surface area (Å²) in [5, 5.41) is 2.88. The molecule has 2 rings (SSSR count). The van der Waals surface area contributed by atoms with Crippen LogP contribution in [0, 0.1) is 0 Å². The summed E-state index contributed by atoms with van der Waals surface area (Å²) in [4.78, 5) is 13.9. The minimum absolute atomic E-state index is 0.0151. The Bertz CT molecular complexity index is 584. The first-order chi connectivity index (χ1) is 10.2. The van der Waals surface area contributed by atoms with Gasteiger partial charge >= 0.3 is 0 Å². The molecule has 0 aliphatic rings. The van der Waals surface area contributed by atoms with Crippen molar-refractivity contribution in [1.29, 1.82) is 0 Å². The highest BCUT2D eigenvalue weighted by Crippen LogP contribution is 2.08. The van der Waals surface area contributed by atoms with E-state index in [1.807, 2.05) is 60.5 Å². The fourth-order valence-electron chi connectivity index (χ4n) is 2.19. The molecular weight excluding hydrogens is 262 g/mol. The normalized spacial score (nSPS) is 10.6. The van der Waals surface area contributed by atoms with E-state index in [4.69, 9.17) is 5.73 Å². The van der Waals surface area contributed by atoms with E-state index in [0.717, 1.165) is 23.4 Å². The third-order valence-electron chi connectivity index (χ3n) is 3.15. The van der Waals surface area contributed by atoms with Crippen molar-refractivity contribution < 1.29 is 4.79 Å². The number of likely N-dealkylation sites (N-methyl/N-ethyl adjacent to an activating group) is 1. The molecule has 0 heterocycles. The zero-order chi connectivity index (χ0) is 15.1. The third kappa shape index (κ3) is 5.02. The van der Waals surface area contributed by atoms with Crippen LogP contribution in [0.1, 0.15) is 11.1 Å². The van der Waals surface area contributed by atoms with Gasteiger partial charge in [0.2, 0.25) is 5.91 Å². The largest absolute Gasteiger partial charge is 0.326 e. The number of rotatable bonds is 6. The van der Waals surface area contributed by atoms with Crippen LogP contribution in [0.2, 0.25) is 0 Å². The number of carbonyl (C=O) groups excluding carboxylic acids is 1. The number of nitrogens with one attached hydrogen (secondary N) is 1. The van der Waals surface area contributed by atoms with Crippen LogP contribution in [0.15, 0.2) is 54.6 Å². The molecule has 0 bridgehead atoms. The monoisotopic (exact) mass is 283 g/mol. The molecule has 0 atom stereocenters. The topological polar surface area (TPSA) is 58.4 Å². The highest BCUT2D eigenvalue weighted by Gasteiger charge is 2.07. The van der Waals surface area contributed by atoms with Gasteiger partial charge in [-0.1, -0.05) is 42.5 Å². The molecule has 4 nitrogen and oxygen atoms in total. The van der Waals surface area contributed by atoms with Crippen molar-refractivity contribution in [2.75, 3.05) is 18.9 Å². The minimum Gasteiger partial charge on any atom is -0.326 e. The summed E-state index contributed by atoms with van der Waals surface area (Å²) in [5.41, 5.74) is 8.73. The standard InChI is InChI=1S/C17H21N3O/c1-20(12-15-7-5-6-14(10-15)11-18)13-17(21)19-16-8-3-2-4-9-16/h2-10H,11-13,18H2,1H3,(H,19,21). The molecule has 21 heavy (non-hydrogen) atoms. The number of para-hydroxylation sites is 1. The average Bonchev–Trinajstić information content (AvgIpc) is 2.48. The smallest absolute Gasteiger partial charge is 0.238 e. The Morgan fingerprint density at radius 3 is 2.52 bits per heavy atom. The first kappa shape index (κ1) is 15.2. The quantitative estimate of drug-likeness (QED) is 0.854. The predicted octanol–water partition coefficient (Wildman–Crippen LogP) is 2.22. The number of carbonyl (C=O) groups is 1. The maximum atomic E-state index is 12.0. The van der Waals surface area contributed by atoms with E-state index in [2.05, 4.69) is 11.4 Å². The Balaban J connectivity index is 1.86. The Hall–Kier alpha value is -2.17. The summed E-state index contributed by atoms with van der Waals surface area (Å²) in [5.74, 6) is -0.0151. The van der Waals surface area contributed by atoms with Gasteiger partial charge in [0, 0.05) is 18.8 Å². The van der Waals surface area contributed by atoms with Gasteiger partial charge in [-0.2, -0.15) is 0 Å². The molecule has 0 saturated heterocycles. The fourth-order valence-corrected chi connectivity index (χ4v) is 2.19. The molecule has 0 unspecified atom stereocenters. The highest BCUT2D eigenvalue weighted by molar-refractivity contribution is 5.92. The Morgan fingerprint density at radius 1 is 1.10 bits per heavy atom. The number of amides is 1. The lowest BCUT2D eigenvalue weighted by Gasteiger charge is -2.16. The molecule has 0 aliphatic heterocycles. The number of hydrogen-bond acceptors (Lipinski definition) is 3. The molecule has 110 valence electrons. The molecule has 0 saturated carbocycles. The second kappa shape index (κ2) is 7.57. The van der Waals surface area contributed by atoms with Gasteiger partial charge in [-0.15, -0.1) is 0 Å². The van der Waals surface area contributed by atoms with Crippen molar-refractivity contribution >= 4 is 11.6 Å².